The topological polar surface area (TPSA) is 90.5 Å². The second-order valence-corrected chi connectivity index (χ2v) is 7.07. The number of rotatable bonds is 5. The van der Waals surface area contributed by atoms with Crippen molar-refractivity contribution in [1.82, 2.24) is 30.0 Å². The smallest absolute Gasteiger partial charge is 0.259 e. The Morgan fingerprint density at radius 2 is 2.00 bits per heavy atom. The number of carbonyl (C=O) groups is 1. The number of hydrogen-bond acceptors (Lipinski definition) is 5. The number of carbonyl (C=O) groups excluding carboxylic acids is 1. The van der Waals surface area contributed by atoms with Gasteiger partial charge in [-0.25, -0.2) is 9.07 Å². The molecule has 0 bridgehead atoms. The number of benzene rings is 2. The average Bonchev–Trinajstić information content (AvgIpc) is 3.34. The lowest BCUT2D eigenvalue weighted by Crippen LogP contribution is -2.16. The van der Waals surface area contributed by atoms with Crippen LogP contribution in [0.15, 0.2) is 48.8 Å². The van der Waals surface area contributed by atoms with Crippen molar-refractivity contribution < 1.29 is 9.18 Å². The summed E-state index contributed by atoms with van der Waals surface area (Å²) in [6, 6.07) is 11.7. The molecule has 152 valence electrons. The molecule has 4 rings (SSSR count). The molecule has 0 atom stereocenters. The van der Waals surface area contributed by atoms with Crippen LogP contribution < -0.4 is 5.32 Å². The number of tetrazole rings is 1. The Hall–Kier alpha value is -3.59. The van der Waals surface area contributed by atoms with Gasteiger partial charge in [0.15, 0.2) is 0 Å². The molecule has 30 heavy (non-hydrogen) atoms. The molecule has 0 fully saturated rings. The monoisotopic (exact) mass is 425 g/mol. The molecule has 0 saturated heterocycles. The highest BCUT2D eigenvalue weighted by molar-refractivity contribution is 6.31. The van der Waals surface area contributed by atoms with Gasteiger partial charge in [-0.3, -0.25) is 9.48 Å². The third-order valence-corrected chi connectivity index (χ3v) is 5.07. The molecular weight excluding hydrogens is 409 g/mol. The second kappa shape index (κ2) is 8.03. The number of aryl methyl sites for hydroxylation is 1. The number of amides is 1. The lowest BCUT2D eigenvalue weighted by atomic mass is 10.1. The zero-order chi connectivity index (χ0) is 21.3. The van der Waals surface area contributed by atoms with Gasteiger partial charge in [-0.2, -0.15) is 5.10 Å². The van der Waals surface area contributed by atoms with E-state index in [0.29, 0.717) is 34.2 Å². The maximum absolute atomic E-state index is 14.3. The van der Waals surface area contributed by atoms with Gasteiger partial charge < -0.3 is 5.32 Å². The first-order valence-electron chi connectivity index (χ1n) is 9.05. The molecule has 0 aliphatic heterocycles. The fourth-order valence-electron chi connectivity index (χ4n) is 3.18. The minimum Gasteiger partial charge on any atom is -0.319 e. The molecule has 4 aromatic rings. The fraction of sp³-hybridized carbons (Fsp3) is 0.150. The van der Waals surface area contributed by atoms with E-state index in [1.165, 1.54) is 29.2 Å². The summed E-state index contributed by atoms with van der Waals surface area (Å²) in [4.78, 5) is 12.9. The van der Waals surface area contributed by atoms with Crippen LogP contribution in [0.5, 0.6) is 0 Å². The van der Waals surface area contributed by atoms with E-state index in [0.717, 1.165) is 5.56 Å². The van der Waals surface area contributed by atoms with Gasteiger partial charge in [0.1, 0.15) is 12.1 Å². The van der Waals surface area contributed by atoms with E-state index in [1.54, 1.807) is 24.6 Å². The van der Waals surface area contributed by atoms with E-state index >= 15 is 0 Å². The number of halogens is 2. The maximum atomic E-state index is 14.3. The predicted molar refractivity (Wildman–Crippen MR) is 109 cm³/mol. The lowest BCUT2D eigenvalue weighted by Gasteiger charge is -2.10. The van der Waals surface area contributed by atoms with Crippen molar-refractivity contribution in [2.45, 2.75) is 20.4 Å². The molecule has 10 heteroatoms. The van der Waals surface area contributed by atoms with Gasteiger partial charge >= 0.3 is 0 Å². The number of nitrogens with zero attached hydrogens (tertiary/aromatic N) is 6. The Labute approximate surface area is 176 Å². The predicted octanol–water partition coefficient (Wildman–Crippen LogP) is 3.57. The highest BCUT2D eigenvalue weighted by atomic mass is 35.5. The molecule has 0 unspecified atom stereocenters. The van der Waals surface area contributed by atoms with E-state index in [4.69, 9.17) is 11.6 Å². The summed E-state index contributed by atoms with van der Waals surface area (Å²) in [6.45, 7) is 3.95. The Balaban J connectivity index is 1.61. The van der Waals surface area contributed by atoms with Crippen LogP contribution in [0, 0.1) is 19.7 Å². The first-order chi connectivity index (χ1) is 14.4. The molecular formula is C20H17ClFN7O. The Morgan fingerprint density at radius 3 is 2.73 bits per heavy atom. The lowest BCUT2D eigenvalue weighted by molar-refractivity contribution is 0.102. The first-order valence-corrected chi connectivity index (χ1v) is 9.43. The maximum Gasteiger partial charge on any atom is 0.259 e. The van der Waals surface area contributed by atoms with E-state index in [-0.39, 0.29) is 5.69 Å². The van der Waals surface area contributed by atoms with Gasteiger partial charge in [0, 0.05) is 10.7 Å². The fourth-order valence-corrected chi connectivity index (χ4v) is 3.38. The zero-order valence-electron chi connectivity index (χ0n) is 16.2. The summed E-state index contributed by atoms with van der Waals surface area (Å²) in [5, 5.41) is 18.6. The number of nitrogens with one attached hydrogen (secondary N) is 1. The van der Waals surface area contributed by atoms with Gasteiger partial charge in [0.05, 0.1) is 29.2 Å². The minimum absolute atomic E-state index is 0.0191. The van der Waals surface area contributed by atoms with E-state index in [1.807, 2.05) is 18.2 Å². The van der Waals surface area contributed by atoms with Gasteiger partial charge in [0.2, 0.25) is 0 Å². The van der Waals surface area contributed by atoms with Crippen molar-refractivity contribution in [2.75, 3.05) is 5.32 Å². The quantitative estimate of drug-likeness (QED) is 0.528. The van der Waals surface area contributed by atoms with Crippen LogP contribution in [-0.2, 0) is 6.54 Å². The molecule has 2 aromatic carbocycles. The van der Waals surface area contributed by atoms with Crippen LogP contribution in [0.3, 0.4) is 0 Å². The van der Waals surface area contributed by atoms with Crippen LogP contribution in [0.1, 0.15) is 27.3 Å². The van der Waals surface area contributed by atoms with Crippen molar-refractivity contribution in [3.63, 3.8) is 0 Å². The minimum atomic E-state index is -0.570. The Bertz CT molecular complexity index is 1220. The van der Waals surface area contributed by atoms with Crippen LogP contribution in [0.25, 0.3) is 5.69 Å². The SMILES string of the molecule is Cc1nn(Cc2ccccc2Cl)c(C)c1C(=O)Nc1cc(-n2cnnn2)ccc1F. The molecule has 0 spiro atoms. The number of aromatic nitrogens is 6. The van der Waals surface area contributed by atoms with Crippen molar-refractivity contribution in [3.8, 4) is 5.69 Å². The van der Waals surface area contributed by atoms with Crippen molar-refractivity contribution in [2.24, 2.45) is 0 Å². The molecule has 2 heterocycles. The zero-order valence-corrected chi connectivity index (χ0v) is 16.9. The number of hydrogen-bond donors (Lipinski definition) is 1. The summed E-state index contributed by atoms with van der Waals surface area (Å²) in [5.41, 5.74) is 2.99. The van der Waals surface area contributed by atoms with Crippen LogP contribution in [0.4, 0.5) is 10.1 Å². The molecule has 2 aromatic heterocycles. The number of anilines is 1. The summed E-state index contributed by atoms with van der Waals surface area (Å²) in [5.74, 6) is -1.03. The van der Waals surface area contributed by atoms with Crippen molar-refractivity contribution in [1.29, 1.82) is 0 Å². The third-order valence-electron chi connectivity index (χ3n) is 4.70. The molecule has 8 nitrogen and oxygen atoms in total. The molecule has 0 saturated carbocycles. The highest BCUT2D eigenvalue weighted by Gasteiger charge is 2.20. The van der Waals surface area contributed by atoms with Crippen LogP contribution in [0.2, 0.25) is 5.02 Å². The van der Waals surface area contributed by atoms with Gasteiger partial charge in [-0.15, -0.1) is 5.10 Å². The molecule has 0 radical (unpaired) electrons. The Morgan fingerprint density at radius 1 is 1.20 bits per heavy atom. The third kappa shape index (κ3) is 3.79. The second-order valence-electron chi connectivity index (χ2n) is 6.67. The molecule has 1 N–H and O–H groups in total. The average molecular weight is 426 g/mol. The molecule has 0 aliphatic carbocycles. The van der Waals surface area contributed by atoms with Crippen molar-refractivity contribution in [3.05, 3.63) is 82.1 Å². The largest absolute Gasteiger partial charge is 0.319 e. The van der Waals surface area contributed by atoms with Crippen molar-refractivity contribution >= 4 is 23.2 Å². The first kappa shape index (κ1) is 19.7. The molecule has 1 amide bonds. The van der Waals surface area contributed by atoms with Gasteiger partial charge in [0.25, 0.3) is 5.91 Å². The summed E-state index contributed by atoms with van der Waals surface area (Å²) in [7, 11) is 0. The van der Waals surface area contributed by atoms with E-state index < -0.39 is 11.7 Å². The Kier molecular flexibility index (Phi) is 5.28. The molecule has 0 aliphatic rings. The van der Waals surface area contributed by atoms with Crippen LogP contribution >= 0.6 is 11.6 Å². The van der Waals surface area contributed by atoms with Crippen LogP contribution in [-0.4, -0.2) is 35.9 Å². The highest BCUT2D eigenvalue weighted by Crippen LogP contribution is 2.23. The summed E-state index contributed by atoms with van der Waals surface area (Å²) >= 11 is 6.24. The summed E-state index contributed by atoms with van der Waals surface area (Å²) < 4.78 is 17.4. The van der Waals surface area contributed by atoms with E-state index in [9.17, 15) is 9.18 Å². The van der Waals surface area contributed by atoms with Gasteiger partial charge in [-0.05, 0) is 54.1 Å². The summed E-state index contributed by atoms with van der Waals surface area (Å²) in [6.07, 6.45) is 1.38. The van der Waals surface area contributed by atoms with Gasteiger partial charge in [-0.1, -0.05) is 29.8 Å². The normalized spacial score (nSPS) is 10.9. The standard InChI is InChI=1S/C20H17ClFN7O/c1-12-19(13(2)28(25-12)10-14-5-3-4-6-16(14)21)20(30)24-18-9-15(7-8-17(18)22)29-11-23-26-27-29/h3-9,11H,10H2,1-2H3,(H,24,30). The van der Waals surface area contributed by atoms with E-state index in [2.05, 4.69) is 25.9 Å².